The molecule has 20 heavy (non-hydrogen) atoms. The minimum absolute atomic E-state index is 0.171. The summed E-state index contributed by atoms with van der Waals surface area (Å²) in [4.78, 5) is 0. The molecule has 0 aliphatic heterocycles. The van der Waals surface area contributed by atoms with Gasteiger partial charge in [-0.25, -0.2) is 0 Å². The van der Waals surface area contributed by atoms with Crippen molar-refractivity contribution in [2.45, 2.75) is 25.6 Å². The van der Waals surface area contributed by atoms with Gasteiger partial charge in [0.15, 0.2) is 0 Å². The normalized spacial score (nSPS) is 12.8. The van der Waals surface area contributed by atoms with E-state index in [0.717, 1.165) is 17.7 Å². The molecular formula is C18H17ClO. The van der Waals surface area contributed by atoms with Crippen LogP contribution in [0, 0.1) is 6.92 Å². The van der Waals surface area contributed by atoms with Gasteiger partial charge in [0.25, 0.3) is 0 Å². The maximum atomic E-state index is 6.78. The quantitative estimate of drug-likeness (QED) is 0.568. The standard InChI is InChI=1S/C18H17ClO/c1-3-16-15(10-11-20-16)18(19)17-12(2)8-9-13-6-4-5-7-14(13)17/h4-11,18H,3H2,1-2H3. The zero-order chi connectivity index (χ0) is 14.1. The van der Waals surface area contributed by atoms with Crippen molar-refractivity contribution in [2.75, 3.05) is 0 Å². The third kappa shape index (κ3) is 2.12. The van der Waals surface area contributed by atoms with Crippen LogP contribution >= 0.6 is 11.6 Å². The number of alkyl halides is 1. The summed E-state index contributed by atoms with van der Waals surface area (Å²) in [7, 11) is 0. The molecule has 0 bridgehead atoms. The molecule has 0 saturated carbocycles. The molecule has 2 heteroatoms. The highest BCUT2D eigenvalue weighted by Crippen LogP contribution is 2.38. The average molecular weight is 285 g/mol. The number of hydrogen-bond donors (Lipinski definition) is 0. The van der Waals surface area contributed by atoms with Crippen LogP contribution in [0.15, 0.2) is 53.1 Å². The first-order valence-electron chi connectivity index (χ1n) is 6.91. The maximum absolute atomic E-state index is 6.78. The fraction of sp³-hybridized carbons (Fsp3) is 0.222. The van der Waals surface area contributed by atoms with Crippen molar-refractivity contribution >= 4 is 22.4 Å². The van der Waals surface area contributed by atoms with Crippen LogP contribution in [0.2, 0.25) is 0 Å². The molecule has 2 aromatic carbocycles. The summed E-state index contributed by atoms with van der Waals surface area (Å²) >= 11 is 6.78. The predicted molar refractivity (Wildman–Crippen MR) is 84.5 cm³/mol. The van der Waals surface area contributed by atoms with Gasteiger partial charge in [-0.15, -0.1) is 11.6 Å². The van der Waals surface area contributed by atoms with Gasteiger partial charge < -0.3 is 4.42 Å². The second kappa shape index (κ2) is 5.34. The first-order valence-corrected chi connectivity index (χ1v) is 7.34. The van der Waals surface area contributed by atoms with Crippen LogP contribution in [0.3, 0.4) is 0 Å². The Morgan fingerprint density at radius 3 is 2.70 bits per heavy atom. The van der Waals surface area contributed by atoms with Gasteiger partial charge in [0.05, 0.1) is 11.6 Å². The van der Waals surface area contributed by atoms with E-state index < -0.39 is 0 Å². The van der Waals surface area contributed by atoms with E-state index in [9.17, 15) is 0 Å². The minimum Gasteiger partial charge on any atom is -0.469 e. The third-order valence-electron chi connectivity index (χ3n) is 3.82. The fourth-order valence-electron chi connectivity index (χ4n) is 2.76. The van der Waals surface area contributed by atoms with Gasteiger partial charge in [-0.3, -0.25) is 0 Å². The van der Waals surface area contributed by atoms with Crippen molar-refractivity contribution in [3.63, 3.8) is 0 Å². The predicted octanol–water partition coefficient (Wildman–Crippen LogP) is 5.63. The molecule has 1 heterocycles. The maximum Gasteiger partial charge on any atom is 0.108 e. The molecule has 1 aromatic heterocycles. The Kier molecular flexibility index (Phi) is 3.54. The van der Waals surface area contributed by atoms with Crippen molar-refractivity contribution in [3.8, 4) is 0 Å². The molecule has 0 spiro atoms. The van der Waals surface area contributed by atoms with E-state index in [1.807, 2.05) is 6.07 Å². The van der Waals surface area contributed by atoms with Crippen LogP contribution < -0.4 is 0 Å². The molecule has 1 atom stereocenters. The van der Waals surface area contributed by atoms with Gasteiger partial charge in [-0.2, -0.15) is 0 Å². The summed E-state index contributed by atoms with van der Waals surface area (Å²) in [5.41, 5.74) is 3.47. The molecule has 0 fully saturated rings. The van der Waals surface area contributed by atoms with Crippen molar-refractivity contribution < 1.29 is 4.42 Å². The average Bonchev–Trinajstić information content (AvgIpc) is 2.95. The molecule has 0 N–H and O–H groups in total. The number of aryl methyl sites for hydroxylation is 2. The number of halogens is 1. The summed E-state index contributed by atoms with van der Waals surface area (Å²) in [5, 5.41) is 2.27. The molecule has 102 valence electrons. The molecule has 0 radical (unpaired) electrons. The lowest BCUT2D eigenvalue weighted by Gasteiger charge is -2.16. The number of fused-ring (bicyclic) bond motifs is 1. The number of furan rings is 1. The Labute approximate surface area is 124 Å². The molecule has 3 rings (SSSR count). The number of hydrogen-bond acceptors (Lipinski definition) is 1. The van der Waals surface area contributed by atoms with Crippen LogP contribution in [0.5, 0.6) is 0 Å². The van der Waals surface area contributed by atoms with Gasteiger partial charge in [0.1, 0.15) is 5.76 Å². The Morgan fingerprint density at radius 1 is 1.10 bits per heavy atom. The second-order valence-corrected chi connectivity index (χ2v) is 5.47. The van der Waals surface area contributed by atoms with Gasteiger partial charge in [0, 0.05) is 12.0 Å². The molecule has 0 aliphatic rings. The lowest BCUT2D eigenvalue weighted by atomic mass is 9.94. The van der Waals surface area contributed by atoms with E-state index >= 15 is 0 Å². The van der Waals surface area contributed by atoms with Gasteiger partial charge >= 0.3 is 0 Å². The van der Waals surface area contributed by atoms with Gasteiger partial charge in [-0.1, -0.05) is 43.3 Å². The highest BCUT2D eigenvalue weighted by atomic mass is 35.5. The summed E-state index contributed by atoms with van der Waals surface area (Å²) in [6, 6.07) is 14.6. The summed E-state index contributed by atoms with van der Waals surface area (Å²) in [5.74, 6) is 0.970. The zero-order valence-corrected chi connectivity index (χ0v) is 12.4. The van der Waals surface area contributed by atoms with E-state index in [4.69, 9.17) is 16.0 Å². The fourth-order valence-corrected chi connectivity index (χ4v) is 3.24. The van der Waals surface area contributed by atoms with Crippen molar-refractivity contribution in [2.24, 2.45) is 0 Å². The number of rotatable bonds is 3. The van der Waals surface area contributed by atoms with Crippen LogP contribution in [0.4, 0.5) is 0 Å². The third-order valence-corrected chi connectivity index (χ3v) is 4.27. The van der Waals surface area contributed by atoms with Crippen LogP contribution in [-0.2, 0) is 6.42 Å². The SMILES string of the molecule is CCc1occc1C(Cl)c1c(C)ccc2ccccc12. The molecule has 0 amide bonds. The largest absolute Gasteiger partial charge is 0.469 e. The van der Waals surface area contributed by atoms with Gasteiger partial charge in [0.2, 0.25) is 0 Å². The Bertz CT molecular complexity index is 742. The van der Waals surface area contributed by atoms with Crippen molar-refractivity contribution in [1.29, 1.82) is 0 Å². The highest BCUT2D eigenvalue weighted by Gasteiger charge is 2.20. The topological polar surface area (TPSA) is 13.1 Å². The highest BCUT2D eigenvalue weighted by molar-refractivity contribution is 6.23. The van der Waals surface area contributed by atoms with Crippen LogP contribution in [0.25, 0.3) is 10.8 Å². The summed E-state index contributed by atoms with van der Waals surface area (Å²) < 4.78 is 5.52. The Hall–Kier alpha value is -1.73. The molecule has 1 nitrogen and oxygen atoms in total. The molecule has 1 unspecified atom stereocenters. The molecule has 0 saturated heterocycles. The Morgan fingerprint density at radius 2 is 1.90 bits per heavy atom. The lowest BCUT2D eigenvalue weighted by Crippen LogP contribution is -1.99. The van der Waals surface area contributed by atoms with E-state index in [-0.39, 0.29) is 5.38 Å². The van der Waals surface area contributed by atoms with E-state index in [0.29, 0.717) is 0 Å². The number of benzene rings is 2. The van der Waals surface area contributed by atoms with E-state index in [2.05, 4.69) is 50.2 Å². The first kappa shape index (κ1) is 13.3. The molecule has 0 aliphatic carbocycles. The lowest BCUT2D eigenvalue weighted by molar-refractivity contribution is 0.512. The van der Waals surface area contributed by atoms with E-state index in [1.165, 1.54) is 21.9 Å². The monoisotopic (exact) mass is 284 g/mol. The molecular weight excluding hydrogens is 268 g/mol. The Balaban J connectivity index is 2.21. The van der Waals surface area contributed by atoms with Crippen LogP contribution in [0.1, 0.15) is 34.8 Å². The summed E-state index contributed by atoms with van der Waals surface area (Å²) in [6.07, 6.45) is 2.58. The second-order valence-electron chi connectivity index (χ2n) is 5.03. The zero-order valence-electron chi connectivity index (χ0n) is 11.7. The van der Waals surface area contributed by atoms with Crippen LogP contribution in [-0.4, -0.2) is 0 Å². The summed E-state index contributed by atoms with van der Waals surface area (Å²) in [6.45, 7) is 4.20. The smallest absolute Gasteiger partial charge is 0.108 e. The molecule has 3 aromatic rings. The van der Waals surface area contributed by atoms with E-state index in [1.54, 1.807) is 6.26 Å². The van der Waals surface area contributed by atoms with Crippen molar-refractivity contribution in [3.05, 3.63) is 71.2 Å². The van der Waals surface area contributed by atoms with Crippen molar-refractivity contribution in [1.82, 2.24) is 0 Å². The van der Waals surface area contributed by atoms with Gasteiger partial charge in [-0.05, 0) is 34.9 Å². The first-order chi connectivity index (χ1) is 9.72. The minimum atomic E-state index is -0.171.